The van der Waals surface area contributed by atoms with Gasteiger partial charge in [0.15, 0.2) is 5.60 Å². The smallest absolute Gasteiger partial charge is 0.338 e. The van der Waals surface area contributed by atoms with Crippen molar-refractivity contribution in [2.24, 2.45) is 0 Å². The molecule has 2 rings (SSSR count). The molecule has 1 N–H and O–H groups in total. The second kappa shape index (κ2) is 11.9. The number of alkyl halides is 1. The molecule has 0 spiro atoms. The molecule has 0 heterocycles. The minimum Gasteiger partial charge on any atom is -0.463 e. The van der Waals surface area contributed by atoms with Crippen LogP contribution in [0.25, 0.3) is 0 Å². The summed E-state index contributed by atoms with van der Waals surface area (Å²) in [6.07, 6.45) is 2.82. The van der Waals surface area contributed by atoms with Crippen molar-refractivity contribution < 1.29 is 33.7 Å². The summed E-state index contributed by atoms with van der Waals surface area (Å²) < 4.78 is 15.2. The Morgan fingerprint density at radius 1 is 0.903 bits per heavy atom. The lowest BCUT2D eigenvalue weighted by Gasteiger charge is -2.29. The zero-order valence-corrected chi connectivity index (χ0v) is 17.7. The quantitative estimate of drug-likeness (QED) is 0.259. The fourth-order valence-corrected chi connectivity index (χ4v) is 2.64. The number of aliphatic hydroxyl groups is 1. The molecule has 0 fully saturated rings. The lowest BCUT2D eigenvalue weighted by molar-refractivity contribution is -0.151. The van der Waals surface area contributed by atoms with E-state index in [-0.39, 0.29) is 6.61 Å². The zero-order valence-electron chi connectivity index (χ0n) is 16.9. The van der Waals surface area contributed by atoms with Gasteiger partial charge in [-0.05, 0) is 30.3 Å². The number of hydrogen-bond donors (Lipinski definition) is 1. The maximum atomic E-state index is 12.2. The minimum absolute atomic E-state index is 0.0929. The fraction of sp³-hybridized carbons (Fsp3) is 0.261. The molecule has 8 heteroatoms. The molecule has 0 bridgehead atoms. The minimum atomic E-state index is -1.89. The molecule has 0 aliphatic rings. The summed E-state index contributed by atoms with van der Waals surface area (Å²) in [6, 6.07) is 16.7. The molecular formula is C23H23ClO7. The van der Waals surface area contributed by atoms with Crippen molar-refractivity contribution in [2.75, 3.05) is 19.8 Å². The summed E-state index contributed by atoms with van der Waals surface area (Å²) in [7, 11) is 0. The van der Waals surface area contributed by atoms with Crippen molar-refractivity contribution >= 4 is 29.5 Å². The van der Waals surface area contributed by atoms with E-state index in [1.54, 1.807) is 60.7 Å². The third-order valence-corrected chi connectivity index (χ3v) is 4.68. The van der Waals surface area contributed by atoms with Crippen molar-refractivity contribution in [3.05, 3.63) is 83.9 Å². The Labute approximate surface area is 185 Å². The third-order valence-electron chi connectivity index (χ3n) is 4.13. The van der Waals surface area contributed by atoms with Crippen LogP contribution in [0.1, 0.15) is 27.6 Å². The number of benzene rings is 2. The molecule has 0 aliphatic carbocycles. The molecule has 0 saturated heterocycles. The first-order valence-electron chi connectivity index (χ1n) is 9.42. The van der Waals surface area contributed by atoms with Gasteiger partial charge in [0, 0.05) is 6.92 Å². The second-order valence-corrected chi connectivity index (χ2v) is 7.09. The largest absolute Gasteiger partial charge is 0.463 e. The van der Waals surface area contributed by atoms with Crippen LogP contribution in [0.4, 0.5) is 0 Å². The van der Waals surface area contributed by atoms with Gasteiger partial charge < -0.3 is 19.3 Å². The number of rotatable bonds is 10. The SMILES string of the molecule is CC(=O)OCC(O)(COC(=O)c1ccccc1)C(Cl)/C=C\COC(=O)c1ccccc1. The molecule has 7 nitrogen and oxygen atoms in total. The van der Waals surface area contributed by atoms with Gasteiger partial charge in [-0.2, -0.15) is 0 Å². The molecule has 0 radical (unpaired) electrons. The van der Waals surface area contributed by atoms with Crippen molar-refractivity contribution in [1.82, 2.24) is 0 Å². The van der Waals surface area contributed by atoms with E-state index in [1.807, 2.05) is 0 Å². The molecule has 0 aliphatic heterocycles. The van der Waals surface area contributed by atoms with Gasteiger partial charge in [0.1, 0.15) is 19.8 Å². The molecule has 2 aromatic rings. The molecule has 0 aromatic heterocycles. The second-order valence-electron chi connectivity index (χ2n) is 6.62. The zero-order chi connectivity index (χ0) is 22.7. The Morgan fingerprint density at radius 3 is 1.90 bits per heavy atom. The van der Waals surface area contributed by atoms with Crippen LogP contribution in [0.3, 0.4) is 0 Å². The van der Waals surface area contributed by atoms with Crippen molar-refractivity contribution in [1.29, 1.82) is 0 Å². The predicted molar refractivity (Wildman–Crippen MR) is 114 cm³/mol. The van der Waals surface area contributed by atoms with E-state index in [4.69, 9.17) is 25.8 Å². The number of ether oxygens (including phenoxy) is 3. The molecule has 2 atom stereocenters. The van der Waals surface area contributed by atoms with Crippen LogP contribution in [0.2, 0.25) is 0 Å². The van der Waals surface area contributed by atoms with Gasteiger partial charge in [-0.15, -0.1) is 11.6 Å². The van der Waals surface area contributed by atoms with Gasteiger partial charge in [0.25, 0.3) is 0 Å². The fourth-order valence-electron chi connectivity index (χ4n) is 2.41. The van der Waals surface area contributed by atoms with Crippen LogP contribution in [-0.4, -0.2) is 53.8 Å². The van der Waals surface area contributed by atoms with Crippen LogP contribution in [-0.2, 0) is 19.0 Å². The molecule has 2 unspecified atom stereocenters. The maximum absolute atomic E-state index is 12.2. The van der Waals surface area contributed by atoms with Gasteiger partial charge in [-0.1, -0.05) is 42.5 Å². The van der Waals surface area contributed by atoms with Crippen molar-refractivity contribution in [2.45, 2.75) is 17.9 Å². The normalized spacial score (nSPS) is 13.8. The predicted octanol–water partition coefficient (Wildman–Crippen LogP) is 3.16. The van der Waals surface area contributed by atoms with Gasteiger partial charge >= 0.3 is 17.9 Å². The summed E-state index contributed by atoms with van der Waals surface area (Å²) in [4.78, 5) is 35.3. The molecule has 164 valence electrons. The van der Waals surface area contributed by atoms with E-state index in [2.05, 4.69) is 0 Å². The Balaban J connectivity index is 1.96. The highest BCUT2D eigenvalue weighted by molar-refractivity contribution is 6.22. The first kappa shape index (κ1) is 24.1. The van der Waals surface area contributed by atoms with Crippen molar-refractivity contribution in [3.8, 4) is 0 Å². The van der Waals surface area contributed by atoms with Crippen LogP contribution in [0.5, 0.6) is 0 Å². The number of hydrogen-bond acceptors (Lipinski definition) is 7. The van der Waals surface area contributed by atoms with Gasteiger partial charge in [0.2, 0.25) is 0 Å². The van der Waals surface area contributed by atoms with Crippen LogP contribution >= 0.6 is 11.6 Å². The van der Waals surface area contributed by atoms with Gasteiger partial charge in [0.05, 0.1) is 16.5 Å². The summed E-state index contributed by atoms with van der Waals surface area (Å²) >= 11 is 6.27. The van der Waals surface area contributed by atoms with E-state index >= 15 is 0 Å². The highest BCUT2D eigenvalue weighted by atomic mass is 35.5. The average Bonchev–Trinajstić information content (AvgIpc) is 2.79. The number of carbonyl (C=O) groups excluding carboxylic acids is 3. The summed E-state index contributed by atoms with van der Waals surface area (Å²) in [5.74, 6) is -1.80. The molecule has 0 saturated carbocycles. The standard InChI is InChI=1S/C23H23ClO7/c1-17(25)30-15-23(28,16-31-22(27)19-11-6-3-7-12-19)20(24)13-8-14-29-21(26)18-9-4-2-5-10-18/h2-13,20,28H,14-16H2,1H3/b13-8-. The highest BCUT2D eigenvalue weighted by Gasteiger charge is 2.37. The monoisotopic (exact) mass is 446 g/mol. The van der Waals surface area contributed by atoms with E-state index < -0.39 is 42.1 Å². The Kier molecular flexibility index (Phi) is 9.24. The number of carbonyl (C=O) groups is 3. The van der Waals surface area contributed by atoms with E-state index in [1.165, 1.54) is 19.1 Å². The van der Waals surface area contributed by atoms with E-state index in [0.29, 0.717) is 11.1 Å². The Bertz CT molecular complexity index is 899. The van der Waals surface area contributed by atoms with Gasteiger partial charge in [-0.3, -0.25) is 4.79 Å². The molecular weight excluding hydrogens is 424 g/mol. The van der Waals surface area contributed by atoms with Crippen LogP contribution < -0.4 is 0 Å². The lowest BCUT2D eigenvalue weighted by atomic mass is 10.0. The average molecular weight is 447 g/mol. The van der Waals surface area contributed by atoms with E-state index in [0.717, 1.165) is 0 Å². The Morgan fingerprint density at radius 2 is 1.39 bits per heavy atom. The third kappa shape index (κ3) is 7.88. The topological polar surface area (TPSA) is 99.1 Å². The van der Waals surface area contributed by atoms with E-state index in [9.17, 15) is 19.5 Å². The molecule has 31 heavy (non-hydrogen) atoms. The number of halogens is 1. The summed E-state index contributed by atoms with van der Waals surface area (Å²) in [6.45, 7) is 0.0753. The van der Waals surface area contributed by atoms with Crippen LogP contribution in [0.15, 0.2) is 72.8 Å². The van der Waals surface area contributed by atoms with Gasteiger partial charge in [-0.25, -0.2) is 9.59 Å². The van der Waals surface area contributed by atoms with Crippen molar-refractivity contribution in [3.63, 3.8) is 0 Å². The summed E-state index contributed by atoms with van der Waals surface area (Å²) in [5.41, 5.74) is -1.19. The summed E-state index contributed by atoms with van der Waals surface area (Å²) in [5, 5.41) is 9.76. The lowest BCUT2D eigenvalue weighted by Crippen LogP contribution is -2.48. The highest BCUT2D eigenvalue weighted by Crippen LogP contribution is 2.21. The first-order valence-corrected chi connectivity index (χ1v) is 9.86. The molecule has 0 amide bonds. The maximum Gasteiger partial charge on any atom is 0.338 e. The number of esters is 3. The Hall–Kier alpha value is -3.16. The van der Waals surface area contributed by atoms with Crippen LogP contribution in [0, 0.1) is 0 Å². The molecule has 2 aromatic carbocycles. The first-order chi connectivity index (χ1) is 14.8.